The molecule has 1 spiro atoms. The SMILES string of the molecule is c1cc(CNC2CCOC3(CCC3)C2)co1. The van der Waals surface area contributed by atoms with E-state index in [0.717, 1.165) is 19.6 Å². The molecule has 16 heavy (non-hydrogen) atoms. The Hall–Kier alpha value is -0.800. The first-order valence-corrected chi connectivity index (χ1v) is 6.25. The number of furan rings is 1. The molecule has 1 N–H and O–H groups in total. The van der Waals surface area contributed by atoms with Crippen molar-refractivity contribution in [1.82, 2.24) is 5.32 Å². The highest BCUT2D eigenvalue weighted by atomic mass is 16.5. The molecule has 1 aromatic heterocycles. The maximum Gasteiger partial charge on any atom is 0.0947 e. The standard InChI is InChI=1S/C13H19NO2/c1-4-13(5-1)8-12(3-7-16-13)14-9-11-2-6-15-10-11/h2,6,10,12,14H,1,3-5,7-9H2. The first-order chi connectivity index (χ1) is 7.86. The van der Waals surface area contributed by atoms with Crippen molar-refractivity contribution in [3.63, 3.8) is 0 Å². The fraction of sp³-hybridized carbons (Fsp3) is 0.692. The van der Waals surface area contributed by atoms with Crippen LogP contribution >= 0.6 is 0 Å². The van der Waals surface area contributed by atoms with Crippen LogP contribution in [0, 0.1) is 0 Å². The summed E-state index contributed by atoms with van der Waals surface area (Å²) in [5.74, 6) is 0. The highest BCUT2D eigenvalue weighted by Crippen LogP contribution is 2.42. The summed E-state index contributed by atoms with van der Waals surface area (Å²) >= 11 is 0. The van der Waals surface area contributed by atoms with Crippen LogP contribution in [0.2, 0.25) is 0 Å². The zero-order chi connectivity index (χ0) is 10.8. The molecule has 1 aliphatic carbocycles. The second kappa shape index (κ2) is 4.22. The van der Waals surface area contributed by atoms with Crippen molar-refractivity contribution >= 4 is 0 Å². The van der Waals surface area contributed by atoms with Gasteiger partial charge in [-0.15, -0.1) is 0 Å². The van der Waals surface area contributed by atoms with E-state index in [0.29, 0.717) is 6.04 Å². The van der Waals surface area contributed by atoms with Crippen molar-refractivity contribution in [2.75, 3.05) is 6.61 Å². The van der Waals surface area contributed by atoms with Crippen molar-refractivity contribution in [3.8, 4) is 0 Å². The molecule has 0 amide bonds. The van der Waals surface area contributed by atoms with E-state index in [9.17, 15) is 0 Å². The molecule has 0 aromatic carbocycles. The maximum atomic E-state index is 5.91. The van der Waals surface area contributed by atoms with Crippen LogP contribution < -0.4 is 5.32 Å². The Balaban J connectivity index is 1.51. The van der Waals surface area contributed by atoms with Crippen molar-refractivity contribution in [3.05, 3.63) is 24.2 Å². The molecule has 2 heterocycles. The normalized spacial score (nSPS) is 27.9. The fourth-order valence-corrected chi connectivity index (χ4v) is 2.78. The molecular weight excluding hydrogens is 202 g/mol. The Morgan fingerprint density at radius 1 is 1.44 bits per heavy atom. The number of rotatable bonds is 3. The van der Waals surface area contributed by atoms with E-state index in [-0.39, 0.29) is 5.60 Å². The number of hydrogen-bond acceptors (Lipinski definition) is 3. The number of nitrogens with one attached hydrogen (secondary N) is 1. The topological polar surface area (TPSA) is 34.4 Å². The second-order valence-corrected chi connectivity index (χ2v) is 5.09. The summed E-state index contributed by atoms with van der Waals surface area (Å²) in [6.07, 6.45) is 9.73. The predicted octanol–water partition coefficient (Wildman–Crippen LogP) is 2.47. The van der Waals surface area contributed by atoms with Crippen LogP contribution in [0.3, 0.4) is 0 Å². The molecule has 3 nitrogen and oxygen atoms in total. The van der Waals surface area contributed by atoms with E-state index >= 15 is 0 Å². The van der Waals surface area contributed by atoms with Gasteiger partial charge in [-0.05, 0) is 38.2 Å². The van der Waals surface area contributed by atoms with Gasteiger partial charge in [-0.1, -0.05) is 0 Å². The van der Waals surface area contributed by atoms with Crippen LogP contribution in [0.5, 0.6) is 0 Å². The monoisotopic (exact) mass is 221 g/mol. The van der Waals surface area contributed by atoms with E-state index in [4.69, 9.17) is 9.15 Å². The third-order valence-electron chi connectivity index (χ3n) is 3.93. The third-order valence-corrected chi connectivity index (χ3v) is 3.93. The van der Waals surface area contributed by atoms with E-state index in [1.807, 2.05) is 12.3 Å². The van der Waals surface area contributed by atoms with Gasteiger partial charge in [0.1, 0.15) is 0 Å². The van der Waals surface area contributed by atoms with Crippen LogP contribution in [0.1, 0.15) is 37.7 Å². The fourth-order valence-electron chi connectivity index (χ4n) is 2.78. The van der Waals surface area contributed by atoms with E-state index < -0.39 is 0 Å². The average Bonchev–Trinajstić information content (AvgIpc) is 2.77. The molecule has 3 heteroatoms. The van der Waals surface area contributed by atoms with Gasteiger partial charge in [-0.25, -0.2) is 0 Å². The molecule has 1 atom stereocenters. The molecule has 1 aromatic rings. The van der Waals surface area contributed by atoms with Crippen LogP contribution in [-0.2, 0) is 11.3 Å². The Morgan fingerprint density at radius 2 is 2.38 bits per heavy atom. The van der Waals surface area contributed by atoms with Crippen molar-refractivity contribution in [2.24, 2.45) is 0 Å². The quantitative estimate of drug-likeness (QED) is 0.851. The summed E-state index contributed by atoms with van der Waals surface area (Å²) < 4.78 is 11.0. The van der Waals surface area contributed by atoms with Gasteiger partial charge in [0.15, 0.2) is 0 Å². The summed E-state index contributed by atoms with van der Waals surface area (Å²) in [7, 11) is 0. The predicted molar refractivity (Wildman–Crippen MR) is 61.1 cm³/mol. The number of hydrogen-bond donors (Lipinski definition) is 1. The number of ether oxygens (including phenoxy) is 1. The molecule has 1 saturated carbocycles. The van der Waals surface area contributed by atoms with E-state index in [2.05, 4.69) is 5.32 Å². The maximum absolute atomic E-state index is 5.91. The largest absolute Gasteiger partial charge is 0.472 e. The van der Waals surface area contributed by atoms with Gasteiger partial charge in [-0.3, -0.25) is 0 Å². The van der Waals surface area contributed by atoms with Crippen molar-refractivity contribution in [2.45, 2.75) is 50.3 Å². The zero-order valence-corrected chi connectivity index (χ0v) is 9.58. The van der Waals surface area contributed by atoms with Gasteiger partial charge < -0.3 is 14.5 Å². The Kier molecular flexibility index (Phi) is 2.74. The summed E-state index contributed by atoms with van der Waals surface area (Å²) in [6.45, 7) is 1.83. The van der Waals surface area contributed by atoms with Gasteiger partial charge in [0.25, 0.3) is 0 Å². The molecule has 88 valence electrons. The first-order valence-electron chi connectivity index (χ1n) is 6.25. The molecule has 0 bridgehead atoms. The molecule has 2 fully saturated rings. The average molecular weight is 221 g/mol. The highest BCUT2D eigenvalue weighted by molar-refractivity contribution is 5.05. The zero-order valence-electron chi connectivity index (χ0n) is 9.58. The van der Waals surface area contributed by atoms with E-state index in [1.165, 1.54) is 31.2 Å². The summed E-state index contributed by atoms with van der Waals surface area (Å²) in [5.41, 5.74) is 1.47. The van der Waals surface area contributed by atoms with Gasteiger partial charge in [0.2, 0.25) is 0 Å². The molecule has 2 aliphatic rings. The Labute approximate surface area is 96.2 Å². The lowest BCUT2D eigenvalue weighted by molar-refractivity contribution is -0.135. The van der Waals surface area contributed by atoms with Gasteiger partial charge in [-0.2, -0.15) is 0 Å². The van der Waals surface area contributed by atoms with Gasteiger partial charge >= 0.3 is 0 Å². The summed E-state index contributed by atoms with van der Waals surface area (Å²) in [4.78, 5) is 0. The Morgan fingerprint density at radius 3 is 3.06 bits per heavy atom. The van der Waals surface area contributed by atoms with Crippen molar-refractivity contribution < 1.29 is 9.15 Å². The smallest absolute Gasteiger partial charge is 0.0947 e. The second-order valence-electron chi connectivity index (χ2n) is 5.09. The van der Waals surface area contributed by atoms with Crippen LogP contribution in [0.25, 0.3) is 0 Å². The van der Waals surface area contributed by atoms with E-state index in [1.54, 1.807) is 6.26 Å². The third kappa shape index (κ3) is 2.02. The summed E-state index contributed by atoms with van der Waals surface area (Å²) in [5, 5.41) is 3.61. The molecule has 0 radical (unpaired) electrons. The minimum absolute atomic E-state index is 0.242. The Bertz CT molecular complexity index is 330. The molecule has 1 saturated heterocycles. The first kappa shape index (κ1) is 10.4. The lowest BCUT2D eigenvalue weighted by atomic mass is 9.74. The molecular formula is C13H19NO2. The molecule has 1 unspecified atom stereocenters. The van der Waals surface area contributed by atoms with Crippen LogP contribution in [0.4, 0.5) is 0 Å². The minimum Gasteiger partial charge on any atom is -0.472 e. The highest BCUT2D eigenvalue weighted by Gasteiger charge is 2.42. The molecule has 1 aliphatic heterocycles. The van der Waals surface area contributed by atoms with Gasteiger partial charge in [0.05, 0.1) is 18.1 Å². The minimum atomic E-state index is 0.242. The van der Waals surface area contributed by atoms with Crippen LogP contribution in [0.15, 0.2) is 23.0 Å². The lowest BCUT2D eigenvalue weighted by Gasteiger charge is -2.47. The summed E-state index contributed by atoms with van der Waals surface area (Å²) in [6, 6.07) is 2.63. The van der Waals surface area contributed by atoms with Gasteiger partial charge in [0, 0.05) is 24.8 Å². The van der Waals surface area contributed by atoms with Crippen molar-refractivity contribution in [1.29, 1.82) is 0 Å². The lowest BCUT2D eigenvalue weighted by Crippen LogP contribution is -2.50. The van der Waals surface area contributed by atoms with Crippen LogP contribution in [-0.4, -0.2) is 18.2 Å². The molecule has 3 rings (SSSR count).